The highest BCUT2D eigenvalue weighted by molar-refractivity contribution is 4.93. The molecule has 1 aliphatic heterocycles. The van der Waals surface area contributed by atoms with Crippen molar-refractivity contribution in [2.45, 2.75) is 46.2 Å². The van der Waals surface area contributed by atoms with E-state index >= 15 is 0 Å². The van der Waals surface area contributed by atoms with Crippen molar-refractivity contribution in [3.05, 3.63) is 0 Å². The van der Waals surface area contributed by atoms with Gasteiger partial charge in [0.25, 0.3) is 0 Å². The zero-order valence-corrected chi connectivity index (χ0v) is 11.3. The van der Waals surface area contributed by atoms with Gasteiger partial charge in [-0.05, 0) is 47.7 Å². The highest BCUT2D eigenvalue weighted by Crippen LogP contribution is 2.21. The summed E-state index contributed by atoms with van der Waals surface area (Å²) in [5.41, 5.74) is -0.185. The lowest BCUT2D eigenvalue weighted by Gasteiger charge is -2.43. The standard InChI is InChI=1S/C13H25N3/c1-11-8-16(9-12(2)15(11)5)7-6-13(3,4)10-14/h11-12H,6-9H2,1-5H3. The molecule has 1 saturated heterocycles. The molecule has 2 unspecified atom stereocenters. The average Bonchev–Trinajstić information content (AvgIpc) is 2.23. The molecule has 2 atom stereocenters. The van der Waals surface area contributed by atoms with Crippen LogP contribution in [0, 0.1) is 16.7 Å². The fourth-order valence-electron chi connectivity index (χ4n) is 2.19. The van der Waals surface area contributed by atoms with E-state index in [2.05, 4.69) is 36.8 Å². The van der Waals surface area contributed by atoms with Crippen LogP contribution in [0.25, 0.3) is 0 Å². The predicted octanol–water partition coefficient (Wildman–Crippen LogP) is 1.95. The van der Waals surface area contributed by atoms with Crippen LogP contribution in [-0.4, -0.2) is 48.6 Å². The molecule has 0 aliphatic carbocycles. The van der Waals surface area contributed by atoms with Gasteiger partial charge in [0.15, 0.2) is 0 Å². The van der Waals surface area contributed by atoms with Crippen LogP contribution in [0.3, 0.4) is 0 Å². The maximum Gasteiger partial charge on any atom is 0.0684 e. The van der Waals surface area contributed by atoms with Gasteiger partial charge < -0.3 is 4.90 Å². The minimum absolute atomic E-state index is 0.185. The molecule has 0 radical (unpaired) electrons. The van der Waals surface area contributed by atoms with Gasteiger partial charge >= 0.3 is 0 Å². The Kier molecular flexibility index (Phi) is 4.35. The van der Waals surface area contributed by atoms with Gasteiger partial charge in [0.2, 0.25) is 0 Å². The highest BCUT2D eigenvalue weighted by Gasteiger charge is 2.27. The Morgan fingerprint density at radius 2 is 1.75 bits per heavy atom. The van der Waals surface area contributed by atoms with Crippen molar-refractivity contribution >= 4 is 0 Å². The molecule has 1 aliphatic rings. The molecule has 1 fully saturated rings. The number of nitrogens with zero attached hydrogens (tertiary/aromatic N) is 3. The van der Waals surface area contributed by atoms with Crippen molar-refractivity contribution in [3.63, 3.8) is 0 Å². The fraction of sp³-hybridized carbons (Fsp3) is 0.923. The molecule has 0 spiro atoms. The molecule has 3 heteroatoms. The van der Waals surface area contributed by atoms with Crippen molar-refractivity contribution in [3.8, 4) is 6.07 Å². The third-order valence-corrected chi connectivity index (χ3v) is 3.79. The topological polar surface area (TPSA) is 30.3 Å². The van der Waals surface area contributed by atoms with E-state index in [9.17, 15) is 0 Å². The van der Waals surface area contributed by atoms with Crippen LogP contribution in [-0.2, 0) is 0 Å². The van der Waals surface area contributed by atoms with Crippen molar-refractivity contribution in [2.24, 2.45) is 5.41 Å². The molecule has 0 aromatic carbocycles. The van der Waals surface area contributed by atoms with Crippen LogP contribution in [0.15, 0.2) is 0 Å². The summed E-state index contributed by atoms with van der Waals surface area (Å²) < 4.78 is 0. The summed E-state index contributed by atoms with van der Waals surface area (Å²) in [5.74, 6) is 0. The quantitative estimate of drug-likeness (QED) is 0.732. The largest absolute Gasteiger partial charge is 0.300 e. The summed E-state index contributed by atoms with van der Waals surface area (Å²) in [5, 5.41) is 8.99. The van der Waals surface area contributed by atoms with E-state index in [-0.39, 0.29) is 5.41 Å². The zero-order valence-electron chi connectivity index (χ0n) is 11.3. The van der Waals surface area contributed by atoms with Crippen LogP contribution in [0.5, 0.6) is 0 Å². The lowest BCUT2D eigenvalue weighted by Crippen LogP contribution is -2.55. The molecule has 92 valence electrons. The molecule has 0 N–H and O–H groups in total. The molecule has 1 heterocycles. The molecule has 0 aromatic heterocycles. The van der Waals surface area contributed by atoms with E-state index in [1.807, 2.05) is 13.8 Å². The molecule has 0 aromatic rings. The summed E-state index contributed by atoms with van der Waals surface area (Å²) in [6.45, 7) is 11.9. The molecule has 3 nitrogen and oxygen atoms in total. The number of hydrogen-bond donors (Lipinski definition) is 0. The van der Waals surface area contributed by atoms with E-state index in [4.69, 9.17) is 5.26 Å². The number of likely N-dealkylation sites (N-methyl/N-ethyl adjacent to an activating group) is 1. The Labute approximate surface area is 100 Å². The Morgan fingerprint density at radius 1 is 1.25 bits per heavy atom. The third-order valence-electron chi connectivity index (χ3n) is 3.79. The molecule has 0 saturated carbocycles. The number of hydrogen-bond acceptors (Lipinski definition) is 3. The molecule has 0 amide bonds. The zero-order chi connectivity index (χ0) is 12.3. The van der Waals surface area contributed by atoms with Gasteiger partial charge in [-0.3, -0.25) is 4.90 Å². The average molecular weight is 223 g/mol. The number of nitriles is 1. The van der Waals surface area contributed by atoms with Gasteiger partial charge in [-0.2, -0.15) is 5.26 Å². The maximum atomic E-state index is 8.99. The number of rotatable bonds is 3. The predicted molar refractivity (Wildman–Crippen MR) is 67.1 cm³/mol. The van der Waals surface area contributed by atoms with E-state index < -0.39 is 0 Å². The Hall–Kier alpha value is -0.590. The van der Waals surface area contributed by atoms with Crippen LogP contribution in [0.4, 0.5) is 0 Å². The normalized spacial score (nSPS) is 29.0. The van der Waals surface area contributed by atoms with Gasteiger partial charge in [-0.15, -0.1) is 0 Å². The monoisotopic (exact) mass is 223 g/mol. The minimum Gasteiger partial charge on any atom is -0.300 e. The first-order chi connectivity index (χ1) is 7.35. The fourth-order valence-corrected chi connectivity index (χ4v) is 2.19. The van der Waals surface area contributed by atoms with E-state index in [0.717, 1.165) is 26.1 Å². The van der Waals surface area contributed by atoms with Gasteiger partial charge in [-0.1, -0.05) is 0 Å². The maximum absolute atomic E-state index is 8.99. The van der Waals surface area contributed by atoms with Crippen LogP contribution in [0.2, 0.25) is 0 Å². The number of piperazine rings is 1. The Bertz CT molecular complexity index is 255. The first-order valence-electron chi connectivity index (χ1n) is 6.21. The van der Waals surface area contributed by atoms with E-state index in [1.54, 1.807) is 0 Å². The van der Waals surface area contributed by atoms with Crippen LogP contribution in [0.1, 0.15) is 34.1 Å². The van der Waals surface area contributed by atoms with Crippen molar-refractivity contribution < 1.29 is 0 Å². The molecule has 16 heavy (non-hydrogen) atoms. The van der Waals surface area contributed by atoms with E-state index in [1.165, 1.54) is 0 Å². The second-order valence-corrected chi connectivity index (χ2v) is 5.87. The van der Waals surface area contributed by atoms with Crippen molar-refractivity contribution in [2.75, 3.05) is 26.7 Å². The van der Waals surface area contributed by atoms with Crippen LogP contribution >= 0.6 is 0 Å². The molecule has 1 rings (SSSR count). The van der Waals surface area contributed by atoms with E-state index in [0.29, 0.717) is 12.1 Å². The first kappa shape index (κ1) is 13.5. The summed E-state index contributed by atoms with van der Waals surface area (Å²) in [6, 6.07) is 3.61. The Balaban J connectivity index is 2.43. The SMILES string of the molecule is CC1CN(CCC(C)(C)C#N)CC(C)N1C. The molecular formula is C13H25N3. The Morgan fingerprint density at radius 3 is 2.19 bits per heavy atom. The minimum atomic E-state index is -0.185. The van der Waals surface area contributed by atoms with Crippen molar-refractivity contribution in [1.29, 1.82) is 5.26 Å². The summed E-state index contributed by atoms with van der Waals surface area (Å²) in [4.78, 5) is 4.93. The summed E-state index contributed by atoms with van der Waals surface area (Å²) in [7, 11) is 2.20. The lowest BCUT2D eigenvalue weighted by molar-refractivity contribution is 0.0555. The van der Waals surface area contributed by atoms with Gasteiger partial charge in [0.05, 0.1) is 11.5 Å². The molecule has 0 bridgehead atoms. The van der Waals surface area contributed by atoms with Crippen LogP contribution < -0.4 is 0 Å². The van der Waals surface area contributed by atoms with Crippen molar-refractivity contribution in [1.82, 2.24) is 9.80 Å². The molecular weight excluding hydrogens is 198 g/mol. The van der Waals surface area contributed by atoms with Gasteiger partial charge in [0.1, 0.15) is 0 Å². The van der Waals surface area contributed by atoms with Gasteiger partial charge in [-0.25, -0.2) is 0 Å². The smallest absolute Gasteiger partial charge is 0.0684 e. The first-order valence-corrected chi connectivity index (χ1v) is 6.21. The highest BCUT2D eigenvalue weighted by atomic mass is 15.3. The second kappa shape index (κ2) is 5.16. The second-order valence-electron chi connectivity index (χ2n) is 5.87. The summed E-state index contributed by atoms with van der Waals surface area (Å²) in [6.07, 6.45) is 0.965. The lowest BCUT2D eigenvalue weighted by atomic mass is 9.91. The van der Waals surface area contributed by atoms with Gasteiger partial charge in [0, 0.05) is 25.2 Å². The third kappa shape index (κ3) is 3.47. The summed E-state index contributed by atoms with van der Waals surface area (Å²) >= 11 is 0.